The maximum absolute atomic E-state index is 11.3. The fraction of sp³-hybridized carbons (Fsp3) is 0.182. The lowest BCUT2D eigenvalue weighted by Crippen LogP contribution is -2.03. The predicted molar refractivity (Wildman–Crippen MR) is 59.6 cm³/mol. The summed E-state index contributed by atoms with van der Waals surface area (Å²) in [5.41, 5.74) is 2.18. The Labute approximate surface area is 89.1 Å². The SMILES string of the molecule is [B]c1cn(C)c2ccc(C(=O)OC)cc12. The zero-order valence-electron chi connectivity index (χ0n) is 8.65. The number of aryl methyl sites for hydroxylation is 1. The summed E-state index contributed by atoms with van der Waals surface area (Å²) in [5.74, 6) is -0.347. The Bertz CT molecular complexity index is 531. The predicted octanol–water partition coefficient (Wildman–Crippen LogP) is 0.759. The molecule has 0 unspecified atom stereocenters. The molecule has 2 aromatic rings. The highest BCUT2D eigenvalue weighted by Crippen LogP contribution is 2.15. The quantitative estimate of drug-likeness (QED) is 0.501. The van der Waals surface area contributed by atoms with Gasteiger partial charge in [-0.3, -0.25) is 0 Å². The molecule has 0 atom stereocenters. The standard InChI is InChI=1S/C11H10BNO2/c1-13-6-9(12)8-5-7(11(14)15-2)3-4-10(8)13/h3-6H,1-2H3. The van der Waals surface area contributed by atoms with Crippen molar-refractivity contribution in [1.82, 2.24) is 4.57 Å². The summed E-state index contributed by atoms with van der Waals surface area (Å²) in [6.45, 7) is 0. The Kier molecular flexibility index (Phi) is 2.27. The number of hydrogen-bond acceptors (Lipinski definition) is 2. The minimum atomic E-state index is -0.347. The van der Waals surface area contributed by atoms with E-state index in [1.54, 1.807) is 12.1 Å². The number of nitrogens with zero attached hydrogens (tertiary/aromatic N) is 1. The average molecular weight is 199 g/mol. The van der Waals surface area contributed by atoms with E-state index in [1.165, 1.54) is 7.11 Å². The lowest BCUT2D eigenvalue weighted by atomic mass is 9.95. The maximum Gasteiger partial charge on any atom is 0.337 e. The van der Waals surface area contributed by atoms with Crippen LogP contribution in [-0.4, -0.2) is 25.5 Å². The monoisotopic (exact) mass is 199 g/mol. The number of benzene rings is 1. The number of fused-ring (bicyclic) bond motifs is 1. The van der Waals surface area contributed by atoms with Gasteiger partial charge < -0.3 is 9.30 Å². The second kappa shape index (κ2) is 3.46. The van der Waals surface area contributed by atoms with E-state index >= 15 is 0 Å². The van der Waals surface area contributed by atoms with E-state index in [2.05, 4.69) is 4.74 Å². The summed E-state index contributed by atoms with van der Waals surface area (Å²) < 4.78 is 6.57. The first-order chi connectivity index (χ1) is 7.13. The molecule has 3 nitrogen and oxygen atoms in total. The molecule has 0 N–H and O–H groups in total. The number of carbonyl (C=O) groups excluding carboxylic acids is 1. The van der Waals surface area contributed by atoms with Crippen LogP contribution in [0.2, 0.25) is 0 Å². The molecule has 15 heavy (non-hydrogen) atoms. The molecule has 1 heterocycles. The van der Waals surface area contributed by atoms with Crippen molar-refractivity contribution >= 4 is 30.2 Å². The molecule has 0 fully saturated rings. The smallest absolute Gasteiger partial charge is 0.337 e. The highest BCUT2D eigenvalue weighted by atomic mass is 16.5. The fourth-order valence-electron chi connectivity index (χ4n) is 1.67. The topological polar surface area (TPSA) is 31.2 Å². The summed E-state index contributed by atoms with van der Waals surface area (Å²) in [5, 5.41) is 0.875. The van der Waals surface area contributed by atoms with Gasteiger partial charge in [0.05, 0.1) is 12.7 Å². The van der Waals surface area contributed by atoms with E-state index in [0.717, 1.165) is 10.9 Å². The zero-order valence-corrected chi connectivity index (χ0v) is 8.65. The van der Waals surface area contributed by atoms with Crippen molar-refractivity contribution in [3.05, 3.63) is 30.0 Å². The Hall–Kier alpha value is -1.71. The van der Waals surface area contributed by atoms with Crippen molar-refractivity contribution in [2.24, 2.45) is 7.05 Å². The van der Waals surface area contributed by atoms with Gasteiger partial charge in [0.25, 0.3) is 0 Å². The van der Waals surface area contributed by atoms with E-state index in [0.29, 0.717) is 11.0 Å². The third-order valence-corrected chi connectivity index (χ3v) is 2.44. The van der Waals surface area contributed by atoms with Crippen molar-refractivity contribution in [3.8, 4) is 0 Å². The number of carbonyl (C=O) groups is 1. The summed E-state index contributed by atoms with van der Waals surface area (Å²) in [7, 11) is 9.09. The Balaban J connectivity index is 2.65. The molecule has 1 aromatic carbocycles. The third-order valence-electron chi connectivity index (χ3n) is 2.44. The van der Waals surface area contributed by atoms with Crippen LogP contribution in [0.4, 0.5) is 0 Å². The molecular formula is C11H10BNO2. The highest BCUT2D eigenvalue weighted by molar-refractivity contribution is 6.39. The summed E-state index contributed by atoms with van der Waals surface area (Å²) in [6, 6.07) is 5.34. The van der Waals surface area contributed by atoms with E-state index in [9.17, 15) is 4.79 Å². The lowest BCUT2D eigenvalue weighted by Gasteiger charge is -2.00. The van der Waals surface area contributed by atoms with Crippen molar-refractivity contribution in [1.29, 1.82) is 0 Å². The summed E-state index contributed by atoms with van der Waals surface area (Å²) >= 11 is 0. The van der Waals surface area contributed by atoms with Crippen molar-refractivity contribution < 1.29 is 9.53 Å². The molecule has 2 rings (SSSR count). The van der Waals surface area contributed by atoms with Crippen LogP contribution in [0.15, 0.2) is 24.4 Å². The molecule has 0 amide bonds. The van der Waals surface area contributed by atoms with Crippen LogP contribution in [0.1, 0.15) is 10.4 Å². The lowest BCUT2D eigenvalue weighted by molar-refractivity contribution is 0.0601. The van der Waals surface area contributed by atoms with E-state index in [-0.39, 0.29) is 5.97 Å². The first kappa shape index (κ1) is 9.83. The highest BCUT2D eigenvalue weighted by Gasteiger charge is 2.08. The van der Waals surface area contributed by atoms with Crippen LogP contribution in [-0.2, 0) is 11.8 Å². The molecule has 74 valence electrons. The second-order valence-electron chi connectivity index (χ2n) is 3.42. The molecule has 2 radical (unpaired) electrons. The Morgan fingerprint density at radius 3 is 2.87 bits per heavy atom. The molecule has 4 heteroatoms. The number of ether oxygens (including phenoxy) is 1. The number of aromatic nitrogens is 1. The number of hydrogen-bond donors (Lipinski definition) is 0. The van der Waals surface area contributed by atoms with Gasteiger partial charge in [-0.25, -0.2) is 4.79 Å². The Morgan fingerprint density at radius 1 is 1.47 bits per heavy atom. The van der Waals surface area contributed by atoms with Gasteiger partial charge in [0, 0.05) is 12.6 Å². The molecule has 0 spiro atoms. The van der Waals surface area contributed by atoms with Crippen molar-refractivity contribution in [2.45, 2.75) is 0 Å². The van der Waals surface area contributed by atoms with Gasteiger partial charge in [-0.2, -0.15) is 0 Å². The minimum Gasteiger partial charge on any atom is -0.465 e. The van der Waals surface area contributed by atoms with Gasteiger partial charge in [-0.15, -0.1) is 0 Å². The van der Waals surface area contributed by atoms with Crippen LogP contribution >= 0.6 is 0 Å². The van der Waals surface area contributed by atoms with Crippen molar-refractivity contribution in [2.75, 3.05) is 7.11 Å². The molecule has 0 saturated carbocycles. The van der Waals surface area contributed by atoms with Gasteiger partial charge >= 0.3 is 5.97 Å². The van der Waals surface area contributed by atoms with Gasteiger partial charge in [0.2, 0.25) is 0 Å². The summed E-state index contributed by atoms with van der Waals surface area (Å²) in [4.78, 5) is 11.3. The van der Waals surface area contributed by atoms with Crippen LogP contribution in [0.3, 0.4) is 0 Å². The molecule has 0 saturated heterocycles. The minimum absolute atomic E-state index is 0.347. The van der Waals surface area contributed by atoms with E-state index < -0.39 is 0 Å². The first-order valence-electron chi connectivity index (χ1n) is 4.56. The molecule has 0 aliphatic heterocycles. The number of methoxy groups -OCH3 is 1. The van der Waals surface area contributed by atoms with Crippen LogP contribution in [0.25, 0.3) is 10.9 Å². The van der Waals surface area contributed by atoms with Gasteiger partial charge in [0.15, 0.2) is 0 Å². The van der Waals surface area contributed by atoms with E-state index in [4.69, 9.17) is 7.85 Å². The number of esters is 1. The van der Waals surface area contributed by atoms with Crippen LogP contribution < -0.4 is 5.46 Å². The summed E-state index contributed by atoms with van der Waals surface area (Å²) in [6.07, 6.45) is 1.83. The van der Waals surface area contributed by atoms with Crippen LogP contribution in [0.5, 0.6) is 0 Å². The molecular weight excluding hydrogens is 189 g/mol. The molecule has 1 aromatic heterocycles. The zero-order chi connectivity index (χ0) is 11.0. The van der Waals surface area contributed by atoms with Gasteiger partial charge in [-0.1, -0.05) is 5.46 Å². The van der Waals surface area contributed by atoms with Gasteiger partial charge in [0.1, 0.15) is 7.85 Å². The first-order valence-corrected chi connectivity index (χ1v) is 4.56. The van der Waals surface area contributed by atoms with Gasteiger partial charge in [-0.05, 0) is 29.8 Å². The largest absolute Gasteiger partial charge is 0.465 e. The second-order valence-corrected chi connectivity index (χ2v) is 3.42. The maximum atomic E-state index is 11.3. The van der Waals surface area contributed by atoms with Crippen LogP contribution in [0, 0.1) is 0 Å². The third kappa shape index (κ3) is 1.52. The Morgan fingerprint density at radius 2 is 2.20 bits per heavy atom. The molecule has 0 bridgehead atoms. The normalized spacial score (nSPS) is 10.5. The molecule has 0 aliphatic rings. The average Bonchev–Trinajstić information content (AvgIpc) is 2.53. The molecule has 0 aliphatic carbocycles. The fourth-order valence-corrected chi connectivity index (χ4v) is 1.67. The number of rotatable bonds is 1. The van der Waals surface area contributed by atoms with E-state index in [1.807, 2.05) is 23.9 Å². The van der Waals surface area contributed by atoms with Crippen molar-refractivity contribution in [3.63, 3.8) is 0 Å².